The van der Waals surface area contributed by atoms with E-state index in [1.807, 2.05) is 0 Å². The van der Waals surface area contributed by atoms with Crippen LogP contribution in [-0.2, 0) is 9.36 Å². The average Bonchev–Trinajstić information content (AvgIpc) is 2.14. The lowest BCUT2D eigenvalue weighted by Crippen LogP contribution is -2.34. The minimum Gasteiger partial charge on any atom is -0.479 e. The predicted molar refractivity (Wildman–Crippen MR) is 50.5 cm³/mol. The maximum absolute atomic E-state index is 13.8. The average molecular weight is 210 g/mol. The highest BCUT2D eigenvalue weighted by Crippen LogP contribution is 2.60. The molecule has 0 aliphatic rings. The van der Waals surface area contributed by atoms with Crippen molar-refractivity contribution in [2.24, 2.45) is 0 Å². The van der Waals surface area contributed by atoms with Crippen LogP contribution in [0.1, 0.15) is 27.2 Å². The molecule has 0 aromatic rings. The molecule has 1 N–H and O–H groups in total. The van der Waals surface area contributed by atoms with Gasteiger partial charge in [0.25, 0.3) is 5.41 Å². The van der Waals surface area contributed by atoms with Gasteiger partial charge in [0.2, 0.25) is 0 Å². The summed E-state index contributed by atoms with van der Waals surface area (Å²) in [7, 11) is -3.23. The summed E-state index contributed by atoms with van der Waals surface area (Å²) in [6.07, 6.45) is -0.0401. The molecule has 0 saturated heterocycles. The third-order valence-electron chi connectivity index (χ3n) is 2.46. The molecule has 0 radical (unpaired) electrons. The minimum atomic E-state index is -3.23. The Balaban J connectivity index is 5.16. The van der Waals surface area contributed by atoms with Gasteiger partial charge in [-0.1, -0.05) is 20.8 Å². The van der Waals surface area contributed by atoms with Crippen molar-refractivity contribution in [3.8, 4) is 0 Å². The van der Waals surface area contributed by atoms with E-state index in [1.165, 1.54) is 6.92 Å². The molecule has 0 spiro atoms. The Labute approximate surface area is 77.7 Å². The lowest BCUT2D eigenvalue weighted by Gasteiger charge is -2.27. The maximum Gasteiger partial charge on any atom is 0.349 e. The van der Waals surface area contributed by atoms with Crippen molar-refractivity contribution in [3.05, 3.63) is 0 Å². The summed E-state index contributed by atoms with van der Waals surface area (Å²) < 4.78 is 25.7. The van der Waals surface area contributed by atoms with Crippen molar-refractivity contribution in [1.29, 1.82) is 0 Å². The Hall–Kier alpha value is -0.370. The second-order valence-corrected chi connectivity index (χ2v) is 6.69. The fraction of sp³-hybridized carbons (Fsp3) is 0.875. The van der Waals surface area contributed by atoms with Crippen molar-refractivity contribution in [1.82, 2.24) is 0 Å². The zero-order chi connectivity index (χ0) is 10.7. The molecule has 0 saturated carbocycles. The molecule has 0 fully saturated rings. The molecule has 0 aromatic heterocycles. The minimum absolute atomic E-state index is 0.0974. The largest absolute Gasteiger partial charge is 0.479 e. The van der Waals surface area contributed by atoms with Crippen molar-refractivity contribution < 1.29 is 18.9 Å². The Morgan fingerprint density at radius 1 is 1.38 bits per heavy atom. The topological polar surface area (TPSA) is 54.4 Å². The SMILES string of the molecule is CCC(F)(C(=O)O)P(=O)(CC)CC. The van der Waals surface area contributed by atoms with Crippen LogP contribution in [0.25, 0.3) is 0 Å². The molecule has 0 rings (SSSR count). The van der Waals surface area contributed by atoms with Crippen molar-refractivity contribution in [2.45, 2.75) is 32.6 Å². The molecule has 1 atom stereocenters. The molecule has 0 aliphatic carbocycles. The quantitative estimate of drug-likeness (QED) is 0.709. The van der Waals surface area contributed by atoms with Gasteiger partial charge in [-0.2, -0.15) is 0 Å². The molecular formula is C8H16FO3P. The van der Waals surface area contributed by atoms with Crippen LogP contribution in [0.15, 0.2) is 0 Å². The maximum atomic E-state index is 13.8. The van der Waals surface area contributed by atoms with Crippen LogP contribution in [-0.4, -0.2) is 28.8 Å². The first-order valence-electron chi connectivity index (χ1n) is 4.38. The van der Waals surface area contributed by atoms with E-state index in [9.17, 15) is 13.8 Å². The molecule has 0 bridgehead atoms. The lowest BCUT2D eigenvalue weighted by atomic mass is 10.3. The molecule has 0 aromatic carbocycles. The molecule has 13 heavy (non-hydrogen) atoms. The molecule has 78 valence electrons. The van der Waals surface area contributed by atoms with Crippen molar-refractivity contribution in [2.75, 3.05) is 12.3 Å². The number of alkyl halides is 1. The number of hydrogen-bond acceptors (Lipinski definition) is 2. The fourth-order valence-corrected chi connectivity index (χ4v) is 3.71. The highest BCUT2D eigenvalue weighted by Gasteiger charge is 2.51. The van der Waals surface area contributed by atoms with Gasteiger partial charge in [0.15, 0.2) is 0 Å². The Morgan fingerprint density at radius 2 is 1.77 bits per heavy atom. The van der Waals surface area contributed by atoms with E-state index < -0.39 is 18.5 Å². The number of hydrogen-bond donors (Lipinski definition) is 1. The van der Waals surface area contributed by atoms with E-state index in [1.54, 1.807) is 13.8 Å². The molecular weight excluding hydrogens is 194 g/mol. The second-order valence-electron chi connectivity index (χ2n) is 2.94. The normalized spacial score (nSPS) is 16.6. The zero-order valence-electron chi connectivity index (χ0n) is 8.21. The van der Waals surface area contributed by atoms with Gasteiger partial charge in [-0.25, -0.2) is 9.18 Å². The van der Waals surface area contributed by atoms with Gasteiger partial charge in [0, 0.05) is 12.3 Å². The van der Waals surface area contributed by atoms with E-state index in [0.717, 1.165) is 0 Å². The first kappa shape index (κ1) is 12.6. The monoisotopic (exact) mass is 210 g/mol. The van der Waals surface area contributed by atoms with Crippen LogP contribution in [0, 0.1) is 0 Å². The summed E-state index contributed by atoms with van der Waals surface area (Å²) in [6.45, 7) is 4.54. The Bertz CT molecular complexity index is 234. The lowest BCUT2D eigenvalue weighted by molar-refractivity contribution is -0.145. The Kier molecular flexibility index (Phi) is 4.11. The predicted octanol–water partition coefficient (Wildman–Crippen LogP) is 2.55. The summed E-state index contributed by atoms with van der Waals surface area (Å²) >= 11 is 0. The number of rotatable bonds is 5. The number of halogens is 1. The number of carbonyl (C=O) groups is 1. The van der Waals surface area contributed by atoms with E-state index in [4.69, 9.17) is 5.11 Å². The third-order valence-corrected chi connectivity index (χ3v) is 6.31. The molecule has 0 amide bonds. The van der Waals surface area contributed by atoms with E-state index in [-0.39, 0.29) is 18.7 Å². The zero-order valence-corrected chi connectivity index (χ0v) is 9.10. The van der Waals surface area contributed by atoms with Crippen LogP contribution in [0.5, 0.6) is 0 Å². The third kappa shape index (κ3) is 1.93. The smallest absolute Gasteiger partial charge is 0.349 e. The Morgan fingerprint density at radius 3 is 1.85 bits per heavy atom. The standard InChI is InChI=1S/C8H16FO3P/c1-4-8(9,7(10)11)13(12,5-2)6-3/h4-6H2,1-3H3,(H,10,11). The number of carboxylic acid groups (broad SMARTS) is 1. The molecule has 5 heteroatoms. The fourth-order valence-electron chi connectivity index (χ4n) is 1.34. The molecule has 0 aliphatic heterocycles. The first-order chi connectivity index (χ1) is 5.88. The summed E-state index contributed by atoms with van der Waals surface area (Å²) in [5.74, 6) is -1.60. The van der Waals surface area contributed by atoms with E-state index in [2.05, 4.69) is 0 Å². The van der Waals surface area contributed by atoms with Gasteiger partial charge < -0.3 is 9.67 Å². The number of carboxylic acids is 1. The van der Waals surface area contributed by atoms with Crippen LogP contribution >= 0.6 is 7.14 Å². The summed E-state index contributed by atoms with van der Waals surface area (Å²) in [5.41, 5.74) is 0. The van der Waals surface area contributed by atoms with Gasteiger partial charge in [0.1, 0.15) is 7.14 Å². The van der Waals surface area contributed by atoms with Crippen LogP contribution < -0.4 is 0 Å². The van der Waals surface area contributed by atoms with Crippen LogP contribution in [0.4, 0.5) is 4.39 Å². The molecule has 1 unspecified atom stereocenters. The molecule has 3 nitrogen and oxygen atoms in total. The van der Waals surface area contributed by atoms with Gasteiger partial charge >= 0.3 is 5.97 Å². The second kappa shape index (κ2) is 4.23. The van der Waals surface area contributed by atoms with Crippen LogP contribution in [0.3, 0.4) is 0 Å². The van der Waals surface area contributed by atoms with E-state index >= 15 is 0 Å². The van der Waals surface area contributed by atoms with Crippen molar-refractivity contribution >= 4 is 13.1 Å². The summed E-state index contributed by atoms with van der Waals surface area (Å²) in [4.78, 5) is 10.7. The van der Waals surface area contributed by atoms with Crippen molar-refractivity contribution in [3.63, 3.8) is 0 Å². The number of aliphatic carboxylic acids is 1. The highest BCUT2D eigenvalue weighted by atomic mass is 31.2. The summed E-state index contributed by atoms with van der Waals surface area (Å²) in [6, 6.07) is 0. The van der Waals surface area contributed by atoms with Gasteiger partial charge in [-0.15, -0.1) is 0 Å². The first-order valence-corrected chi connectivity index (χ1v) is 6.46. The highest BCUT2D eigenvalue weighted by molar-refractivity contribution is 7.66. The van der Waals surface area contributed by atoms with Gasteiger partial charge in [-0.3, -0.25) is 0 Å². The van der Waals surface area contributed by atoms with E-state index in [0.29, 0.717) is 0 Å². The summed E-state index contributed by atoms with van der Waals surface area (Å²) in [5, 5.41) is 6.15. The molecule has 0 heterocycles. The van der Waals surface area contributed by atoms with Gasteiger partial charge in [-0.05, 0) is 6.42 Å². The van der Waals surface area contributed by atoms with Gasteiger partial charge in [0.05, 0.1) is 0 Å². The van der Waals surface area contributed by atoms with Crippen LogP contribution in [0.2, 0.25) is 0 Å².